The molecule has 0 unspecified atom stereocenters. The van der Waals surface area contributed by atoms with Gasteiger partial charge >= 0.3 is 27.3 Å². The summed E-state index contributed by atoms with van der Waals surface area (Å²) in [6, 6.07) is 0. The molecule has 0 aromatic heterocycles. The zero-order chi connectivity index (χ0) is 15.2. The van der Waals surface area contributed by atoms with Crippen molar-refractivity contribution in [2.45, 2.75) is 72.9 Å². The molecule has 0 bridgehead atoms. The number of carbonyl (C=O) groups excluding carboxylic acids is 2. The van der Waals surface area contributed by atoms with E-state index in [0.29, 0.717) is 0 Å². The van der Waals surface area contributed by atoms with Gasteiger partial charge in [-0.15, -0.1) is 0 Å². The normalized spacial score (nSPS) is 23.0. The van der Waals surface area contributed by atoms with Crippen molar-refractivity contribution in [3.8, 4) is 0 Å². The van der Waals surface area contributed by atoms with Gasteiger partial charge in [0.25, 0.3) is 0 Å². The first-order chi connectivity index (χ1) is 9.30. The predicted octanol–water partition coefficient (Wildman–Crippen LogP) is 1.67. The minimum absolute atomic E-state index is 0. The van der Waals surface area contributed by atoms with Crippen molar-refractivity contribution in [2.75, 3.05) is 0 Å². The minimum atomic E-state index is -0.952. The third-order valence-corrected chi connectivity index (χ3v) is 6.26. The van der Waals surface area contributed by atoms with Crippen LogP contribution in [0.5, 0.6) is 0 Å². The zero-order valence-electron chi connectivity index (χ0n) is 12.2. The molecule has 2 fully saturated rings. The largest absolute Gasteiger partial charge is 2.00 e. The molecule has 0 atom stereocenters. The molecule has 0 N–H and O–H groups in total. The Labute approximate surface area is 162 Å². The summed E-state index contributed by atoms with van der Waals surface area (Å²) in [5.41, 5.74) is 0. The summed E-state index contributed by atoms with van der Waals surface area (Å²) in [7, 11) is 0. The molecule has 0 amide bonds. The van der Waals surface area contributed by atoms with E-state index in [1.165, 1.54) is 0 Å². The summed E-state index contributed by atoms with van der Waals surface area (Å²) in [6.07, 6.45) is 9.17. The molecular formula is C14H20Br2CdO4. The fraction of sp³-hybridized carbons (Fsp3) is 0.857. The standard InChI is InChI=1S/2C7H11BrO2.Cd/c2*8-7(6(9)10)4-2-1-3-5-7;/h2*1-5H2,(H,9,10);/q;;+2/p-2. The van der Waals surface area contributed by atoms with Crippen LogP contribution in [0.25, 0.3) is 0 Å². The number of hydrogen-bond acceptors (Lipinski definition) is 4. The van der Waals surface area contributed by atoms with Crippen LogP contribution in [0.2, 0.25) is 0 Å². The summed E-state index contributed by atoms with van der Waals surface area (Å²) in [5, 5.41) is 21.0. The van der Waals surface area contributed by atoms with E-state index < -0.39 is 20.6 Å². The topological polar surface area (TPSA) is 80.3 Å². The Balaban J connectivity index is 0.000000364. The first-order valence-electron chi connectivity index (χ1n) is 7.11. The number of carbonyl (C=O) groups is 2. The molecule has 7 heteroatoms. The van der Waals surface area contributed by atoms with E-state index in [2.05, 4.69) is 31.9 Å². The van der Waals surface area contributed by atoms with Crippen LogP contribution >= 0.6 is 31.9 Å². The molecule has 2 aliphatic carbocycles. The smallest absolute Gasteiger partial charge is 0.549 e. The molecular weight excluding hydrogens is 504 g/mol. The van der Waals surface area contributed by atoms with E-state index in [4.69, 9.17) is 0 Å². The maximum absolute atomic E-state index is 10.5. The van der Waals surface area contributed by atoms with Crippen molar-refractivity contribution < 1.29 is 47.1 Å². The van der Waals surface area contributed by atoms with Crippen LogP contribution in [0.4, 0.5) is 0 Å². The van der Waals surface area contributed by atoms with E-state index in [0.717, 1.165) is 64.2 Å². The molecule has 0 saturated heterocycles. The molecule has 0 aliphatic heterocycles. The van der Waals surface area contributed by atoms with Gasteiger partial charge in [0.2, 0.25) is 0 Å². The van der Waals surface area contributed by atoms with Crippen LogP contribution in [-0.2, 0) is 36.9 Å². The van der Waals surface area contributed by atoms with E-state index in [1.807, 2.05) is 0 Å². The van der Waals surface area contributed by atoms with Gasteiger partial charge in [-0.25, -0.2) is 0 Å². The quantitative estimate of drug-likeness (QED) is 0.407. The molecule has 0 spiro atoms. The summed E-state index contributed by atoms with van der Waals surface area (Å²) >= 11 is 6.40. The van der Waals surface area contributed by atoms with Gasteiger partial charge < -0.3 is 19.8 Å². The maximum atomic E-state index is 10.5. The Morgan fingerprint density at radius 3 is 1.05 bits per heavy atom. The third kappa shape index (κ3) is 6.85. The first kappa shape index (κ1) is 21.8. The van der Waals surface area contributed by atoms with Crippen molar-refractivity contribution in [3.63, 3.8) is 0 Å². The number of alkyl halides is 2. The van der Waals surface area contributed by atoms with Gasteiger partial charge in [0.1, 0.15) is 0 Å². The van der Waals surface area contributed by atoms with Gasteiger partial charge in [0.05, 0.1) is 20.6 Å². The minimum Gasteiger partial charge on any atom is -0.549 e. The van der Waals surface area contributed by atoms with Gasteiger partial charge in [0, 0.05) is 0 Å². The maximum Gasteiger partial charge on any atom is 2.00 e. The second-order valence-corrected chi connectivity index (χ2v) is 8.66. The molecule has 116 valence electrons. The van der Waals surface area contributed by atoms with Crippen LogP contribution in [0.1, 0.15) is 64.2 Å². The number of carboxylic acids is 2. The van der Waals surface area contributed by atoms with Gasteiger partial charge in [0.15, 0.2) is 0 Å². The fourth-order valence-corrected chi connectivity index (χ4v) is 3.75. The number of halogens is 2. The average molecular weight is 525 g/mol. The van der Waals surface area contributed by atoms with Gasteiger partial charge in [-0.1, -0.05) is 70.4 Å². The van der Waals surface area contributed by atoms with Gasteiger partial charge in [-0.05, 0) is 25.7 Å². The first-order valence-corrected chi connectivity index (χ1v) is 8.69. The van der Waals surface area contributed by atoms with E-state index >= 15 is 0 Å². The van der Waals surface area contributed by atoms with Crippen molar-refractivity contribution in [3.05, 3.63) is 0 Å². The summed E-state index contributed by atoms with van der Waals surface area (Å²) < 4.78 is -1.41. The molecule has 4 nitrogen and oxygen atoms in total. The van der Waals surface area contributed by atoms with Crippen LogP contribution < -0.4 is 10.2 Å². The van der Waals surface area contributed by atoms with E-state index in [1.54, 1.807) is 0 Å². The fourth-order valence-electron chi connectivity index (χ4n) is 2.63. The third-order valence-electron chi connectivity index (χ3n) is 4.02. The van der Waals surface area contributed by atoms with Crippen LogP contribution in [-0.4, -0.2) is 20.6 Å². The van der Waals surface area contributed by atoms with E-state index in [9.17, 15) is 19.8 Å². The molecule has 2 saturated carbocycles. The Morgan fingerprint density at radius 2 is 0.905 bits per heavy atom. The van der Waals surface area contributed by atoms with Gasteiger partial charge in [-0.3, -0.25) is 0 Å². The second-order valence-electron chi connectivity index (χ2n) is 5.63. The molecule has 2 rings (SSSR count). The molecule has 0 aromatic rings. The second kappa shape index (κ2) is 9.85. The molecule has 0 radical (unpaired) electrons. The number of rotatable bonds is 2. The number of carboxylic acid groups (broad SMARTS) is 2. The van der Waals surface area contributed by atoms with Crippen LogP contribution in [0.15, 0.2) is 0 Å². The number of hydrogen-bond donors (Lipinski definition) is 0. The Morgan fingerprint density at radius 1 is 0.667 bits per heavy atom. The predicted molar refractivity (Wildman–Crippen MR) is 79.5 cm³/mol. The Hall–Kier alpha value is 0.822. The van der Waals surface area contributed by atoms with Crippen molar-refractivity contribution in [2.24, 2.45) is 0 Å². The molecule has 0 aromatic carbocycles. The summed E-state index contributed by atoms with van der Waals surface area (Å²) in [5.74, 6) is -1.90. The molecule has 0 heterocycles. The zero-order valence-corrected chi connectivity index (χ0v) is 19.4. The Kier molecular flexibility index (Phi) is 10.2. The van der Waals surface area contributed by atoms with Crippen molar-refractivity contribution >= 4 is 43.8 Å². The molecule has 2 aliphatic rings. The summed E-state index contributed by atoms with van der Waals surface area (Å²) in [6.45, 7) is 0. The molecule has 21 heavy (non-hydrogen) atoms. The summed E-state index contributed by atoms with van der Waals surface area (Å²) in [4.78, 5) is 21.0. The van der Waals surface area contributed by atoms with Crippen LogP contribution in [0.3, 0.4) is 0 Å². The average Bonchev–Trinajstić information content (AvgIpc) is 2.41. The van der Waals surface area contributed by atoms with Gasteiger partial charge in [-0.2, -0.15) is 0 Å². The van der Waals surface area contributed by atoms with Crippen LogP contribution in [0, 0.1) is 0 Å². The van der Waals surface area contributed by atoms with E-state index in [-0.39, 0.29) is 27.3 Å². The monoisotopic (exact) mass is 524 g/mol. The Bertz CT molecular complexity index is 317. The van der Waals surface area contributed by atoms with Crippen molar-refractivity contribution in [1.82, 2.24) is 0 Å². The SMILES string of the molecule is O=C([O-])C1(Br)CCCCC1.O=C([O-])C1(Br)CCCCC1.[Cd+2]. The van der Waals surface area contributed by atoms with Crippen molar-refractivity contribution in [1.29, 1.82) is 0 Å². The number of aliphatic carboxylic acids is 2.